The lowest BCUT2D eigenvalue weighted by molar-refractivity contribution is -0.144. The average molecular weight is 620 g/mol. The van der Waals surface area contributed by atoms with Crippen LogP contribution >= 0.6 is 33.9 Å². The predicted molar refractivity (Wildman–Crippen MR) is 138 cm³/mol. The van der Waals surface area contributed by atoms with Gasteiger partial charge >= 0.3 is 33.5 Å². The summed E-state index contributed by atoms with van der Waals surface area (Å²) in [6, 6.07) is -2.28. The Bertz CT molecular complexity index is 813. The molecule has 37 heavy (non-hydrogen) atoms. The van der Waals surface area contributed by atoms with E-state index < -0.39 is 62.8 Å². The fraction of sp³-hybridized carbons (Fsp3) is 0.800. The first-order valence-corrected chi connectivity index (χ1v) is 14.0. The van der Waals surface area contributed by atoms with E-state index in [1.54, 1.807) is 55.4 Å². The van der Waals surface area contributed by atoms with E-state index in [-0.39, 0.29) is 6.07 Å². The molecule has 0 aliphatic rings. The van der Waals surface area contributed by atoms with Crippen molar-refractivity contribution in [3.63, 3.8) is 0 Å². The molecule has 0 saturated heterocycles. The van der Waals surface area contributed by atoms with Gasteiger partial charge in [-0.2, -0.15) is 8.42 Å². The Kier molecular flexibility index (Phi) is 20.8. The highest BCUT2D eigenvalue weighted by Crippen LogP contribution is 2.08. The molecular weight excluding hydrogens is 583 g/mol. The SMILES string of the molecule is CCC(NC(=O)OC(C)(C)C)C(=O)O.CCC(NC(=O)OC(C)(C)C)C(=O)OCCl.O=S(=O)(Cl)OCCl. The lowest BCUT2D eigenvalue weighted by atomic mass is 10.2. The highest BCUT2D eigenvalue weighted by Gasteiger charge is 2.24. The molecule has 0 aliphatic carbocycles. The lowest BCUT2D eigenvalue weighted by Gasteiger charge is -2.22. The molecular formula is C20H37Cl3N2O11S. The summed E-state index contributed by atoms with van der Waals surface area (Å²) in [6.07, 6.45) is -0.610. The van der Waals surface area contributed by atoms with Gasteiger partial charge in [-0.05, 0) is 54.4 Å². The third-order valence-corrected chi connectivity index (χ3v) is 4.18. The van der Waals surface area contributed by atoms with E-state index >= 15 is 0 Å². The topological polar surface area (TPSA) is 184 Å². The van der Waals surface area contributed by atoms with Crippen molar-refractivity contribution < 1.29 is 51.1 Å². The molecule has 17 heteroatoms. The van der Waals surface area contributed by atoms with Crippen LogP contribution in [0, 0.1) is 0 Å². The first kappa shape index (κ1) is 39.8. The first-order valence-electron chi connectivity index (χ1n) is 10.7. The van der Waals surface area contributed by atoms with Crippen LogP contribution in [0.3, 0.4) is 0 Å². The summed E-state index contributed by atoms with van der Waals surface area (Å²) in [7, 11) is 0.665. The van der Waals surface area contributed by atoms with Crippen LogP contribution in [-0.2, 0) is 37.3 Å². The maximum Gasteiger partial charge on any atom is 0.408 e. The number of hydrogen-bond acceptors (Lipinski definition) is 10. The molecule has 0 aliphatic heterocycles. The molecule has 0 saturated carbocycles. The van der Waals surface area contributed by atoms with E-state index in [1.807, 2.05) is 0 Å². The molecule has 0 fully saturated rings. The Labute approximate surface area is 232 Å². The summed E-state index contributed by atoms with van der Waals surface area (Å²) in [5.41, 5.74) is -1.21. The molecule has 220 valence electrons. The van der Waals surface area contributed by atoms with E-state index in [9.17, 15) is 27.6 Å². The predicted octanol–water partition coefficient (Wildman–Crippen LogP) is 4.09. The van der Waals surface area contributed by atoms with Crippen LogP contribution in [0.2, 0.25) is 0 Å². The summed E-state index contributed by atoms with van der Waals surface area (Å²) in [4.78, 5) is 44.4. The number of rotatable bonds is 9. The standard InChI is InChI=1S/C10H18ClNO4.C9H17NO4.CH2Cl2O3S/c1-5-7(8(13)15-6-11)12-9(14)16-10(2,3)4;1-5-6(7(11)12)10-8(13)14-9(2,3)4;2-1-6-7(3,4)5/h7H,5-6H2,1-4H3,(H,12,14);6H,5H2,1-4H3,(H,10,13)(H,11,12);1H2. The zero-order chi connectivity index (χ0) is 30.0. The Balaban J connectivity index is -0.000000503. The second-order valence-electron chi connectivity index (χ2n) is 8.74. The highest BCUT2D eigenvalue weighted by atomic mass is 35.7. The fourth-order valence-corrected chi connectivity index (χ4v) is 2.61. The van der Waals surface area contributed by atoms with Gasteiger partial charge in [0.15, 0.2) is 6.07 Å². The molecule has 0 radical (unpaired) electrons. The van der Waals surface area contributed by atoms with E-state index in [0.717, 1.165) is 0 Å². The van der Waals surface area contributed by atoms with Crippen LogP contribution in [0.1, 0.15) is 68.2 Å². The minimum atomic E-state index is -3.83. The molecule has 0 aromatic heterocycles. The van der Waals surface area contributed by atoms with Crippen LogP contribution in [-0.4, -0.2) is 73.1 Å². The maximum atomic E-state index is 11.4. The Morgan fingerprint density at radius 3 is 1.41 bits per heavy atom. The average Bonchev–Trinajstić information content (AvgIpc) is 2.67. The van der Waals surface area contributed by atoms with Gasteiger partial charge in [0.1, 0.15) is 29.4 Å². The number of hydrogen-bond donors (Lipinski definition) is 3. The number of carbonyl (C=O) groups excluding carboxylic acids is 3. The molecule has 0 aromatic carbocycles. The van der Waals surface area contributed by atoms with Crippen LogP contribution in [0.4, 0.5) is 9.59 Å². The number of halogens is 3. The third kappa shape index (κ3) is 28.7. The van der Waals surface area contributed by atoms with Crippen molar-refractivity contribution >= 4 is 67.3 Å². The van der Waals surface area contributed by atoms with Gasteiger partial charge in [-0.15, -0.1) is 0 Å². The summed E-state index contributed by atoms with van der Waals surface area (Å²) in [5, 5.41) is 13.3. The molecule has 13 nitrogen and oxygen atoms in total. The summed E-state index contributed by atoms with van der Waals surface area (Å²) < 4.78 is 37.6. The number of alkyl halides is 2. The van der Waals surface area contributed by atoms with Gasteiger partial charge in [0.25, 0.3) is 0 Å². The summed E-state index contributed by atoms with van der Waals surface area (Å²) in [6.45, 7) is 13.8. The van der Waals surface area contributed by atoms with Crippen LogP contribution in [0.25, 0.3) is 0 Å². The van der Waals surface area contributed by atoms with Gasteiger partial charge in [0.2, 0.25) is 0 Å². The van der Waals surface area contributed by atoms with Crippen molar-refractivity contribution in [2.45, 2.75) is 91.5 Å². The number of carboxylic acid groups (broad SMARTS) is 1. The molecule has 0 rings (SSSR count). The quantitative estimate of drug-likeness (QED) is 0.146. The molecule has 0 heterocycles. The summed E-state index contributed by atoms with van der Waals surface area (Å²) >= 11 is 10.1. The zero-order valence-corrected chi connectivity index (χ0v) is 25.1. The number of amides is 2. The van der Waals surface area contributed by atoms with Gasteiger partial charge in [0, 0.05) is 10.7 Å². The number of esters is 1. The van der Waals surface area contributed by atoms with E-state index in [2.05, 4.69) is 30.2 Å². The Hall–Kier alpha value is -1.74. The van der Waals surface area contributed by atoms with Crippen LogP contribution < -0.4 is 10.6 Å². The Morgan fingerprint density at radius 2 is 1.19 bits per heavy atom. The molecule has 2 unspecified atom stereocenters. The fourth-order valence-electron chi connectivity index (χ4n) is 1.77. The number of ether oxygens (including phenoxy) is 3. The van der Waals surface area contributed by atoms with Gasteiger partial charge < -0.3 is 30.0 Å². The molecule has 3 N–H and O–H groups in total. The van der Waals surface area contributed by atoms with Crippen LogP contribution in [0.5, 0.6) is 0 Å². The van der Waals surface area contributed by atoms with Gasteiger partial charge in [-0.3, -0.25) is 0 Å². The van der Waals surface area contributed by atoms with Crippen molar-refractivity contribution in [1.29, 1.82) is 0 Å². The lowest BCUT2D eigenvalue weighted by Crippen LogP contribution is -2.43. The number of nitrogens with one attached hydrogen (secondary N) is 2. The number of carboxylic acids is 1. The summed E-state index contributed by atoms with van der Waals surface area (Å²) in [5.74, 6) is -1.62. The normalized spacial score (nSPS) is 12.7. The first-order chi connectivity index (χ1) is 16.6. The van der Waals surface area contributed by atoms with Gasteiger partial charge in [-0.25, -0.2) is 23.4 Å². The van der Waals surface area contributed by atoms with E-state index in [1.165, 1.54) is 0 Å². The molecule has 0 aromatic rings. The second kappa shape index (κ2) is 19.3. The maximum absolute atomic E-state index is 11.4. The van der Waals surface area contributed by atoms with Crippen molar-refractivity contribution in [1.82, 2.24) is 10.6 Å². The molecule has 2 atom stereocenters. The van der Waals surface area contributed by atoms with E-state index in [0.29, 0.717) is 12.8 Å². The van der Waals surface area contributed by atoms with Gasteiger partial charge in [0.05, 0.1) is 0 Å². The second-order valence-corrected chi connectivity index (χ2v) is 11.3. The third-order valence-electron chi connectivity index (χ3n) is 3.16. The molecule has 2 amide bonds. The molecule has 0 spiro atoms. The number of alkyl carbamates (subject to hydrolysis) is 2. The zero-order valence-electron chi connectivity index (χ0n) is 22.1. The minimum Gasteiger partial charge on any atom is -0.480 e. The van der Waals surface area contributed by atoms with Crippen molar-refractivity contribution in [3.05, 3.63) is 0 Å². The van der Waals surface area contributed by atoms with Crippen molar-refractivity contribution in [3.8, 4) is 0 Å². The monoisotopic (exact) mass is 618 g/mol. The van der Waals surface area contributed by atoms with Crippen LogP contribution in [0.15, 0.2) is 0 Å². The van der Waals surface area contributed by atoms with Crippen molar-refractivity contribution in [2.24, 2.45) is 0 Å². The Morgan fingerprint density at radius 1 is 0.811 bits per heavy atom. The number of carbonyl (C=O) groups is 4. The molecule has 0 bridgehead atoms. The largest absolute Gasteiger partial charge is 0.480 e. The smallest absolute Gasteiger partial charge is 0.408 e. The van der Waals surface area contributed by atoms with E-state index in [4.69, 9.17) is 37.8 Å². The number of aliphatic carboxylic acids is 1. The van der Waals surface area contributed by atoms with Crippen molar-refractivity contribution in [2.75, 3.05) is 12.1 Å². The van der Waals surface area contributed by atoms with Gasteiger partial charge in [-0.1, -0.05) is 37.0 Å². The minimum absolute atomic E-state index is 0.231. The highest BCUT2D eigenvalue weighted by molar-refractivity contribution is 8.10.